The van der Waals surface area contributed by atoms with Gasteiger partial charge in [-0.15, -0.1) is 0 Å². The van der Waals surface area contributed by atoms with E-state index in [1.54, 1.807) is 0 Å². The predicted octanol–water partition coefficient (Wildman–Crippen LogP) is 8.28. The van der Waals surface area contributed by atoms with Gasteiger partial charge in [-0.25, -0.2) is 4.98 Å². The Morgan fingerprint density at radius 2 is 1.00 bits per heavy atom. The molecule has 0 aliphatic rings. The van der Waals surface area contributed by atoms with Crippen molar-refractivity contribution >= 4 is 43.0 Å². The molecule has 0 saturated heterocycles. The SMILES string of the molecule is CC(=Nc1c(C)cccc1C)c1cc(C)cc(C(C)=Nc2c(C)cccc2C)n1.[Cl][Fe][Cl]. The maximum atomic E-state index is 4.90. The quantitative estimate of drug-likeness (QED) is 0.257. The van der Waals surface area contributed by atoms with E-state index >= 15 is 0 Å². The van der Waals surface area contributed by atoms with Gasteiger partial charge in [-0.3, -0.25) is 9.98 Å². The minimum absolute atomic E-state index is 0.194. The minimum atomic E-state index is 0.194. The molecule has 0 bridgehead atoms. The third kappa shape index (κ3) is 7.02. The topological polar surface area (TPSA) is 37.6 Å². The number of aryl methyl sites for hydroxylation is 5. The Labute approximate surface area is 206 Å². The Morgan fingerprint density at radius 3 is 1.31 bits per heavy atom. The van der Waals surface area contributed by atoms with E-state index in [0.717, 1.165) is 39.7 Å². The van der Waals surface area contributed by atoms with Crippen LogP contribution in [-0.4, -0.2) is 16.4 Å². The van der Waals surface area contributed by atoms with Crippen molar-refractivity contribution in [1.82, 2.24) is 4.98 Å². The summed E-state index contributed by atoms with van der Waals surface area (Å²) < 4.78 is 0. The van der Waals surface area contributed by atoms with Crippen LogP contribution in [0.4, 0.5) is 11.4 Å². The van der Waals surface area contributed by atoms with Crippen LogP contribution in [0.1, 0.15) is 53.1 Å². The predicted molar refractivity (Wildman–Crippen MR) is 136 cm³/mol. The van der Waals surface area contributed by atoms with Gasteiger partial charge in [-0.1, -0.05) is 36.4 Å². The van der Waals surface area contributed by atoms with Crippen LogP contribution in [0.15, 0.2) is 58.5 Å². The molecule has 0 unspecified atom stereocenters. The molecule has 6 heteroatoms. The first-order chi connectivity index (χ1) is 15.2. The summed E-state index contributed by atoms with van der Waals surface area (Å²) in [7, 11) is 9.53. The van der Waals surface area contributed by atoms with Crippen LogP contribution < -0.4 is 0 Å². The second-order valence-corrected chi connectivity index (χ2v) is 9.66. The number of hydrogen-bond acceptors (Lipinski definition) is 3. The van der Waals surface area contributed by atoms with Gasteiger partial charge in [-0.2, -0.15) is 0 Å². The molecule has 1 aromatic heterocycles. The molecule has 3 rings (SSSR count). The molecule has 0 aliphatic carbocycles. The molecule has 0 saturated carbocycles. The zero-order valence-corrected chi connectivity index (χ0v) is 22.2. The Hall–Kier alpha value is -1.97. The van der Waals surface area contributed by atoms with E-state index < -0.39 is 0 Å². The van der Waals surface area contributed by atoms with Gasteiger partial charge in [0.05, 0.1) is 34.2 Å². The van der Waals surface area contributed by atoms with Gasteiger partial charge in [0.2, 0.25) is 0 Å². The van der Waals surface area contributed by atoms with Gasteiger partial charge >= 0.3 is 33.3 Å². The third-order valence-corrected chi connectivity index (χ3v) is 5.15. The molecule has 0 aliphatic heterocycles. The van der Waals surface area contributed by atoms with Gasteiger partial charge in [0.25, 0.3) is 0 Å². The number of hydrogen-bond donors (Lipinski definition) is 0. The van der Waals surface area contributed by atoms with Gasteiger partial charge in [0.1, 0.15) is 0 Å². The van der Waals surface area contributed by atoms with Gasteiger partial charge in [-0.05, 0) is 88.4 Å². The number of rotatable bonds is 4. The zero-order chi connectivity index (χ0) is 23.8. The summed E-state index contributed by atoms with van der Waals surface area (Å²) in [5, 5.41) is 0. The van der Waals surface area contributed by atoms with Crippen LogP contribution in [-0.2, 0) is 13.1 Å². The molecule has 0 atom stereocenters. The van der Waals surface area contributed by atoms with Crippen molar-refractivity contribution in [2.45, 2.75) is 48.5 Å². The summed E-state index contributed by atoms with van der Waals surface area (Å²) in [6.45, 7) is 14.5. The summed E-state index contributed by atoms with van der Waals surface area (Å²) in [5.41, 5.74) is 11.5. The van der Waals surface area contributed by atoms with Crippen molar-refractivity contribution in [1.29, 1.82) is 0 Å². The van der Waals surface area contributed by atoms with E-state index in [4.69, 9.17) is 35.2 Å². The second kappa shape index (κ2) is 12.3. The molecular formula is C26H29Cl2FeN3. The normalized spacial score (nSPS) is 11.9. The zero-order valence-electron chi connectivity index (χ0n) is 19.6. The number of pyridine rings is 1. The Bertz CT molecular complexity index is 1030. The molecule has 0 N–H and O–H groups in total. The van der Waals surface area contributed by atoms with Crippen molar-refractivity contribution in [2.24, 2.45) is 9.98 Å². The number of para-hydroxylation sites is 2. The number of aromatic nitrogens is 1. The number of halogens is 2. The summed E-state index contributed by atoms with van der Waals surface area (Å²) >= 11 is 0.194. The Balaban J connectivity index is 0.00000114. The second-order valence-electron chi connectivity index (χ2n) is 7.84. The van der Waals surface area contributed by atoms with Crippen LogP contribution in [0.5, 0.6) is 0 Å². The maximum absolute atomic E-state index is 4.90. The van der Waals surface area contributed by atoms with Crippen LogP contribution in [0.2, 0.25) is 0 Å². The van der Waals surface area contributed by atoms with E-state index in [-0.39, 0.29) is 13.1 Å². The van der Waals surface area contributed by atoms with Crippen molar-refractivity contribution in [3.63, 3.8) is 0 Å². The summed E-state index contributed by atoms with van der Waals surface area (Å²) in [4.78, 5) is 14.7. The van der Waals surface area contributed by atoms with Crippen LogP contribution >= 0.6 is 20.2 Å². The molecular weight excluding hydrogens is 481 g/mol. The Morgan fingerprint density at radius 1 is 0.688 bits per heavy atom. The number of aliphatic imine (C=N–C) groups is 2. The molecule has 3 nitrogen and oxygen atoms in total. The van der Waals surface area contributed by atoms with Gasteiger partial charge in [0.15, 0.2) is 0 Å². The molecule has 2 aromatic carbocycles. The third-order valence-electron chi connectivity index (χ3n) is 5.15. The molecule has 1 heterocycles. The van der Waals surface area contributed by atoms with E-state index in [1.165, 1.54) is 22.3 Å². The molecule has 170 valence electrons. The van der Waals surface area contributed by atoms with Crippen molar-refractivity contribution in [3.8, 4) is 0 Å². The molecule has 3 aromatic rings. The number of nitrogens with zero attached hydrogens (tertiary/aromatic N) is 3. The van der Waals surface area contributed by atoms with Crippen molar-refractivity contribution in [3.05, 3.63) is 87.7 Å². The van der Waals surface area contributed by atoms with E-state index in [1.807, 2.05) is 13.8 Å². The van der Waals surface area contributed by atoms with Crippen LogP contribution in [0.3, 0.4) is 0 Å². The fourth-order valence-electron chi connectivity index (χ4n) is 3.45. The summed E-state index contributed by atoms with van der Waals surface area (Å²) in [5.74, 6) is 0. The van der Waals surface area contributed by atoms with E-state index in [0.29, 0.717) is 0 Å². The fourth-order valence-corrected chi connectivity index (χ4v) is 3.45. The molecule has 0 amide bonds. The van der Waals surface area contributed by atoms with Crippen LogP contribution in [0.25, 0.3) is 0 Å². The van der Waals surface area contributed by atoms with E-state index in [9.17, 15) is 0 Å². The van der Waals surface area contributed by atoms with Crippen molar-refractivity contribution in [2.75, 3.05) is 0 Å². The first-order valence-corrected chi connectivity index (χ1v) is 13.3. The molecule has 0 fully saturated rings. The molecule has 0 radical (unpaired) electrons. The molecule has 32 heavy (non-hydrogen) atoms. The standard InChI is InChI=1S/C26H29N3.2ClH.Fe/c1-16-14-23(21(6)27-25-17(2)10-8-11-18(25)3)29-24(15-16)22(7)28-26-19(4)12-9-13-20(26)5;;;/h8-15H,1-7H3;2*1H;/q;;;+2/p-2. The van der Waals surface area contributed by atoms with Gasteiger partial charge < -0.3 is 0 Å². The summed E-state index contributed by atoms with van der Waals surface area (Å²) in [6.07, 6.45) is 0. The van der Waals surface area contributed by atoms with Gasteiger partial charge in [0, 0.05) is 0 Å². The summed E-state index contributed by atoms with van der Waals surface area (Å²) in [6, 6.07) is 16.7. The number of benzene rings is 2. The fraction of sp³-hybridized carbons (Fsp3) is 0.269. The average Bonchev–Trinajstić information content (AvgIpc) is 2.73. The Kier molecular flexibility index (Phi) is 10.1. The first kappa shape index (κ1) is 26.3. The first-order valence-electron chi connectivity index (χ1n) is 10.3. The monoisotopic (exact) mass is 509 g/mol. The van der Waals surface area contributed by atoms with Crippen LogP contribution in [0, 0.1) is 34.6 Å². The van der Waals surface area contributed by atoms with E-state index in [2.05, 4.69) is 83.1 Å². The average molecular weight is 510 g/mol. The van der Waals surface area contributed by atoms with Crippen molar-refractivity contribution < 1.29 is 13.1 Å². The molecule has 0 spiro atoms.